The van der Waals surface area contributed by atoms with Gasteiger partial charge in [0.15, 0.2) is 0 Å². The summed E-state index contributed by atoms with van der Waals surface area (Å²) in [5.41, 5.74) is 1.66. The molecule has 114 valence electrons. The average Bonchev–Trinajstić information content (AvgIpc) is 2.96. The smallest absolute Gasteiger partial charge is 0.128 e. The summed E-state index contributed by atoms with van der Waals surface area (Å²) in [6.07, 6.45) is -0.564. The van der Waals surface area contributed by atoms with E-state index in [0.717, 1.165) is 11.3 Å². The molecule has 1 atom stereocenters. The first-order valence-corrected chi connectivity index (χ1v) is 7.72. The molecule has 1 aromatic heterocycles. The van der Waals surface area contributed by atoms with Crippen molar-refractivity contribution in [2.45, 2.75) is 32.4 Å². The van der Waals surface area contributed by atoms with Crippen molar-refractivity contribution >= 4 is 11.5 Å². The van der Waals surface area contributed by atoms with E-state index < -0.39 is 6.10 Å². The molecule has 1 unspecified atom stereocenters. The highest BCUT2D eigenvalue weighted by molar-refractivity contribution is 7.03. The van der Waals surface area contributed by atoms with E-state index in [1.807, 2.05) is 29.6 Å². The number of aliphatic hydroxyl groups is 1. The Hall–Kier alpha value is -1.50. The Labute approximate surface area is 129 Å². The number of nitrogens with one attached hydrogen (secondary N) is 1. The van der Waals surface area contributed by atoms with Gasteiger partial charge in [-0.05, 0) is 44.4 Å². The number of nitrogens with zero attached hydrogens (tertiary/aromatic N) is 2. The number of hydrogen-bond donors (Lipinski definition) is 2. The molecule has 1 aromatic carbocycles. The Morgan fingerprint density at radius 3 is 2.76 bits per heavy atom. The molecule has 0 bridgehead atoms. The van der Waals surface area contributed by atoms with E-state index in [-0.39, 0.29) is 12.1 Å². The number of hydrogen-bond acceptors (Lipinski definition) is 6. The van der Waals surface area contributed by atoms with Gasteiger partial charge in [-0.2, -0.15) is 0 Å². The Balaban J connectivity index is 1.95. The fourth-order valence-corrected chi connectivity index (χ4v) is 2.21. The van der Waals surface area contributed by atoms with E-state index in [0.29, 0.717) is 12.3 Å². The summed E-state index contributed by atoms with van der Waals surface area (Å²) in [7, 11) is 0. The van der Waals surface area contributed by atoms with Crippen molar-refractivity contribution in [1.29, 1.82) is 0 Å². The molecule has 2 N–H and O–H groups in total. The van der Waals surface area contributed by atoms with Crippen LogP contribution in [0, 0.1) is 0 Å². The van der Waals surface area contributed by atoms with Gasteiger partial charge >= 0.3 is 0 Å². The minimum Gasteiger partial charge on any atom is -0.490 e. The van der Waals surface area contributed by atoms with E-state index in [1.165, 1.54) is 11.5 Å². The van der Waals surface area contributed by atoms with Crippen LogP contribution in [0.1, 0.15) is 20.8 Å². The van der Waals surface area contributed by atoms with E-state index in [9.17, 15) is 5.11 Å². The number of para-hydroxylation sites is 1. The zero-order chi connectivity index (χ0) is 15.3. The van der Waals surface area contributed by atoms with Crippen LogP contribution in [0.5, 0.6) is 5.75 Å². The van der Waals surface area contributed by atoms with Crippen molar-refractivity contribution in [2.75, 3.05) is 13.2 Å². The Kier molecular flexibility index (Phi) is 5.27. The predicted octanol–water partition coefficient (Wildman–Crippen LogP) is 2.33. The molecule has 6 heteroatoms. The van der Waals surface area contributed by atoms with Crippen molar-refractivity contribution in [3.63, 3.8) is 0 Å². The van der Waals surface area contributed by atoms with Crippen LogP contribution in [0.2, 0.25) is 0 Å². The topological polar surface area (TPSA) is 67.3 Å². The molecule has 21 heavy (non-hydrogen) atoms. The van der Waals surface area contributed by atoms with Crippen LogP contribution in [-0.2, 0) is 0 Å². The van der Waals surface area contributed by atoms with Gasteiger partial charge in [-0.15, -0.1) is 5.10 Å². The third kappa shape index (κ3) is 5.08. The third-order valence-corrected chi connectivity index (χ3v) is 3.33. The summed E-state index contributed by atoms with van der Waals surface area (Å²) < 4.78 is 9.60. The van der Waals surface area contributed by atoms with Crippen LogP contribution in [-0.4, -0.2) is 39.5 Å². The molecule has 2 aromatic rings. The van der Waals surface area contributed by atoms with Crippen molar-refractivity contribution in [2.24, 2.45) is 0 Å². The van der Waals surface area contributed by atoms with Gasteiger partial charge in [-0.1, -0.05) is 16.6 Å². The van der Waals surface area contributed by atoms with E-state index in [4.69, 9.17) is 4.74 Å². The zero-order valence-electron chi connectivity index (χ0n) is 12.5. The fourth-order valence-electron chi connectivity index (χ4n) is 1.75. The van der Waals surface area contributed by atoms with E-state index in [2.05, 4.69) is 35.7 Å². The van der Waals surface area contributed by atoms with Crippen LogP contribution in [0.25, 0.3) is 11.3 Å². The Morgan fingerprint density at radius 2 is 2.10 bits per heavy atom. The summed E-state index contributed by atoms with van der Waals surface area (Å²) in [6, 6.07) is 7.64. The molecule has 0 amide bonds. The van der Waals surface area contributed by atoms with Crippen LogP contribution in [0.4, 0.5) is 0 Å². The molecule has 0 aliphatic heterocycles. The first kappa shape index (κ1) is 15.9. The van der Waals surface area contributed by atoms with Gasteiger partial charge in [0.05, 0.1) is 0 Å². The Bertz CT molecular complexity index is 552. The van der Waals surface area contributed by atoms with Crippen molar-refractivity contribution in [3.05, 3.63) is 29.6 Å². The molecule has 0 radical (unpaired) electrons. The lowest BCUT2D eigenvalue weighted by atomic mass is 10.1. The standard InChI is InChI=1S/C15H21N3O2S/c1-15(2,3)16-8-11(19)9-20-14-7-5-4-6-12(14)13-10-21-18-17-13/h4-7,10-11,16,19H,8-9H2,1-3H3. The predicted molar refractivity (Wildman–Crippen MR) is 84.6 cm³/mol. The van der Waals surface area contributed by atoms with Crippen LogP contribution in [0.3, 0.4) is 0 Å². The SMILES string of the molecule is CC(C)(C)NCC(O)COc1ccccc1-c1csnn1. The highest BCUT2D eigenvalue weighted by Crippen LogP contribution is 2.28. The number of benzene rings is 1. The lowest BCUT2D eigenvalue weighted by Gasteiger charge is -2.23. The summed E-state index contributed by atoms with van der Waals surface area (Å²) >= 11 is 1.30. The maximum absolute atomic E-state index is 9.98. The number of β-amino-alcohol motifs (C(OH)–C–C–N with tert-alkyl or cyclic N) is 1. The van der Waals surface area contributed by atoms with Gasteiger partial charge in [-0.3, -0.25) is 0 Å². The summed E-state index contributed by atoms with van der Waals surface area (Å²) in [5.74, 6) is 0.708. The second-order valence-corrected chi connectivity index (χ2v) is 6.49. The van der Waals surface area contributed by atoms with Crippen LogP contribution >= 0.6 is 11.5 Å². The van der Waals surface area contributed by atoms with Gasteiger partial charge in [0.25, 0.3) is 0 Å². The maximum Gasteiger partial charge on any atom is 0.128 e. The molecule has 0 saturated carbocycles. The van der Waals surface area contributed by atoms with Crippen LogP contribution < -0.4 is 10.1 Å². The lowest BCUT2D eigenvalue weighted by molar-refractivity contribution is 0.100. The summed E-state index contributed by atoms with van der Waals surface area (Å²) in [5, 5.41) is 19.2. The molecule has 1 heterocycles. The van der Waals surface area contributed by atoms with Crippen molar-refractivity contribution in [3.8, 4) is 17.0 Å². The van der Waals surface area contributed by atoms with Crippen molar-refractivity contribution in [1.82, 2.24) is 14.9 Å². The molecule has 0 aliphatic carbocycles. The van der Waals surface area contributed by atoms with E-state index in [1.54, 1.807) is 0 Å². The van der Waals surface area contributed by atoms with Crippen molar-refractivity contribution < 1.29 is 9.84 Å². The second kappa shape index (κ2) is 6.98. The average molecular weight is 307 g/mol. The van der Waals surface area contributed by atoms with Gasteiger partial charge in [-0.25, -0.2) is 0 Å². The third-order valence-electron chi connectivity index (χ3n) is 2.82. The first-order valence-electron chi connectivity index (χ1n) is 6.88. The van der Waals surface area contributed by atoms with Gasteiger partial charge in [0.2, 0.25) is 0 Å². The van der Waals surface area contributed by atoms with E-state index >= 15 is 0 Å². The molecule has 2 rings (SSSR count). The minimum atomic E-state index is -0.564. The lowest BCUT2D eigenvalue weighted by Crippen LogP contribution is -2.42. The second-order valence-electron chi connectivity index (χ2n) is 5.88. The molecular weight excluding hydrogens is 286 g/mol. The zero-order valence-corrected chi connectivity index (χ0v) is 13.4. The number of aliphatic hydroxyl groups excluding tert-OH is 1. The summed E-state index contributed by atoms with van der Waals surface area (Å²) in [6.45, 7) is 6.91. The number of rotatable bonds is 6. The largest absolute Gasteiger partial charge is 0.490 e. The van der Waals surface area contributed by atoms with Gasteiger partial charge in [0.1, 0.15) is 24.2 Å². The highest BCUT2D eigenvalue weighted by Gasteiger charge is 2.14. The fraction of sp³-hybridized carbons (Fsp3) is 0.467. The highest BCUT2D eigenvalue weighted by atomic mass is 32.1. The monoisotopic (exact) mass is 307 g/mol. The molecular formula is C15H21N3O2S. The van der Waals surface area contributed by atoms with Gasteiger partial charge < -0.3 is 15.2 Å². The molecule has 0 fully saturated rings. The Morgan fingerprint density at radius 1 is 1.33 bits per heavy atom. The molecule has 0 spiro atoms. The first-order chi connectivity index (χ1) is 9.96. The summed E-state index contributed by atoms with van der Waals surface area (Å²) in [4.78, 5) is 0. The normalized spacial score (nSPS) is 13.1. The van der Waals surface area contributed by atoms with Crippen LogP contribution in [0.15, 0.2) is 29.6 Å². The molecule has 5 nitrogen and oxygen atoms in total. The number of aromatic nitrogens is 2. The van der Waals surface area contributed by atoms with Gasteiger partial charge in [0, 0.05) is 23.0 Å². The number of ether oxygens (including phenoxy) is 1. The molecule has 0 saturated heterocycles. The molecule has 0 aliphatic rings. The maximum atomic E-state index is 9.98. The quantitative estimate of drug-likeness (QED) is 0.857. The minimum absolute atomic E-state index is 0.0227.